The second-order valence-corrected chi connectivity index (χ2v) is 13.1. The van der Waals surface area contributed by atoms with E-state index in [4.69, 9.17) is 0 Å². The number of benzene rings is 4. The van der Waals surface area contributed by atoms with Crippen LogP contribution in [0.25, 0.3) is 0 Å². The molecule has 4 aromatic rings. The van der Waals surface area contributed by atoms with Crippen LogP contribution in [0.4, 0.5) is 0 Å². The minimum Gasteiger partial charge on any atom is -0.0763 e. The Bertz CT molecular complexity index is 1140. The van der Waals surface area contributed by atoms with Crippen LogP contribution in [0.2, 0.25) is 0 Å². The molecule has 0 aliphatic heterocycles. The summed E-state index contributed by atoms with van der Waals surface area (Å²) < 4.78 is 0. The Morgan fingerprint density at radius 2 is 0.939 bits per heavy atom. The van der Waals surface area contributed by atoms with Crippen molar-refractivity contribution in [3.8, 4) is 0 Å². The molecule has 0 heterocycles. The van der Waals surface area contributed by atoms with Gasteiger partial charge in [-0.25, -0.2) is 0 Å². The molecule has 0 spiro atoms. The molecule has 0 N–H and O–H groups in total. The molecule has 0 bridgehead atoms. The Morgan fingerprint density at radius 1 is 0.545 bits per heavy atom. The van der Waals surface area contributed by atoms with Gasteiger partial charge in [0, 0.05) is 5.92 Å². The smallest absolute Gasteiger partial charge is 0.0103 e. The Kier molecular flexibility index (Phi) is 6.97. The average Bonchev–Trinajstić information content (AvgIpc) is 3.36. The van der Waals surface area contributed by atoms with Crippen molar-refractivity contribution in [3.63, 3.8) is 0 Å². The fourth-order valence-electron chi connectivity index (χ4n) is 4.67. The molecule has 2 heteroatoms. The van der Waals surface area contributed by atoms with E-state index in [1.165, 1.54) is 21.2 Å². The van der Waals surface area contributed by atoms with Crippen LogP contribution in [-0.4, -0.2) is 5.66 Å². The van der Waals surface area contributed by atoms with Gasteiger partial charge in [0.2, 0.25) is 0 Å². The maximum absolute atomic E-state index is 2.46. The Labute approximate surface area is 200 Å². The van der Waals surface area contributed by atoms with Gasteiger partial charge in [-0.05, 0) is 48.0 Å². The highest BCUT2D eigenvalue weighted by Crippen LogP contribution is 2.55. The molecule has 1 aliphatic carbocycles. The molecular weight excluding hydrogens is 434 g/mol. The zero-order valence-corrected chi connectivity index (χ0v) is 20.6. The van der Waals surface area contributed by atoms with Crippen LogP contribution in [0, 0.1) is 5.92 Å². The molecule has 1 aliphatic rings. The maximum atomic E-state index is 2.46. The van der Waals surface area contributed by atoms with Crippen molar-refractivity contribution in [2.24, 2.45) is 5.92 Å². The van der Waals surface area contributed by atoms with Crippen LogP contribution in [0.1, 0.15) is 6.92 Å². The summed E-state index contributed by atoms with van der Waals surface area (Å²) in [5.74, 6) is 0.419. The monoisotopic (exact) mass is 462 g/mol. The van der Waals surface area contributed by atoms with Crippen LogP contribution in [0.5, 0.6) is 0 Å². The minimum absolute atomic E-state index is 0.419. The lowest BCUT2D eigenvalue weighted by Gasteiger charge is -2.34. The summed E-state index contributed by atoms with van der Waals surface area (Å²) in [6.07, 6.45) is 7.14. The SMILES string of the molecule is C[C@H](C1C=CC=C1P(c1ccccc1)c1ccccc1)P(c1ccccc1)c1ccccc1. The molecule has 2 atom stereocenters. The first-order valence-electron chi connectivity index (χ1n) is 11.5. The van der Waals surface area contributed by atoms with Gasteiger partial charge in [0.15, 0.2) is 0 Å². The Balaban J connectivity index is 1.56. The molecule has 0 radical (unpaired) electrons. The van der Waals surface area contributed by atoms with E-state index in [0.717, 1.165) is 0 Å². The van der Waals surface area contributed by atoms with E-state index in [0.29, 0.717) is 11.6 Å². The maximum Gasteiger partial charge on any atom is 0.0103 e. The molecule has 0 saturated carbocycles. The number of hydrogen-bond acceptors (Lipinski definition) is 0. The standard InChI is InChI=1S/C31H28P2/c1-25(32(26-15-6-2-7-16-26)27-17-8-3-9-18-27)30-23-14-24-31(30)33(28-19-10-4-11-20-28)29-21-12-5-13-22-29/h2-25,30H,1H3/t25-,30?/m1/s1. The highest BCUT2D eigenvalue weighted by atomic mass is 31.1. The molecule has 5 rings (SSSR count). The Morgan fingerprint density at radius 3 is 1.36 bits per heavy atom. The fourth-order valence-corrected chi connectivity index (χ4v) is 10.3. The van der Waals surface area contributed by atoms with E-state index >= 15 is 0 Å². The lowest BCUT2D eigenvalue weighted by atomic mass is 10.1. The van der Waals surface area contributed by atoms with Gasteiger partial charge >= 0.3 is 0 Å². The van der Waals surface area contributed by atoms with E-state index in [1.807, 2.05) is 0 Å². The third-order valence-corrected chi connectivity index (χ3v) is 11.6. The number of hydrogen-bond donors (Lipinski definition) is 0. The number of rotatable bonds is 7. The van der Waals surface area contributed by atoms with Crippen molar-refractivity contribution in [3.05, 3.63) is 145 Å². The normalized spacial score (nSPS) is 16.2. The van der Waals surface area contributed by atoms with Gasteiger partial charge in [-0.1, -0.05) is 146 Å². The van der Waals surface area contributed by atoms with Gasteiger partial charge < -0.3 is 0 Å². The molecule has 0 fully saturated rings. The lowest BCUT2D eigenvalue weighted by Crippen LogP contribution is -2.27. The second-order valence-electron chi connectivity index (χ2n) is 8.29. The summed E-state index contributed by atoms with van der Waals surface area (Å²) in [6.45, 7) is 2.46. The molecule has 33 heavy (non-hydrogen) atoms. The summed E-state index contributed by atoms with van der Waals surface area (Å²) >= 11 is 0. The fraction of sp³-hybridized carbons (Fsp3) is 0.0968. The van der Waals surface area contributed by atoms with E-state index in [1.54, 1.807) is 5.31 Å². The Hall–Kier alpha value is -2.78. The molecule has 0 saturated heterocycles. The van der Waals surface area contributed by atoms with Gasteiger partial charge in [0.25, 0.3) is 0 Å². The van der Waals surface area contributed by atoms with Crippen LogP contribution in [-0.2, 0) is 0 Å². The van der Waals surface area contributed by atoms with Crippen molar-refractivity contribution >= 4 is 37.1 Å². The highest BCUT2D eigenvalue weighted by Gasteiger charge is 2.34. The summed E-state index contributed by atoms with van der Waals surface area (Å²) in [5, 5.41) is 7.32. The predicted octanol–water partition coefficient (Wildman–Crippen LogP) is 6.71. The van der Waals surface area contributed by atoms with Crippen LogP contribution in [0.3, 0.4) is 0 Å². The second kappa shape index (κ2) is 10.4. The summed E-state index contributed by atoms with van der Waals surface area (Å²) in [7, 11) is -1.07. The minimum atomic E-state index is -0.577. The quantitative estimate of drug-likeness (QED) is 0.268. The zero-order chi connectivity index (χ0) is 22.5. The van der Waals surface area contributed by atoms with Crippen molar-refractivity contribution in [1.29, 1.82) is 0 Å². The summed E-state index contributed by atoms with van der Waals surface area (Å²) in [5.41, 5.74) is 0.493. The molecule has 4 aromatic carbocycles. The topological polar surface area (TPSA) is 0 Å². The first-order valence-corrected chi connectivity index (χ1v) is 14.3. The average molecular weight is 463 g/mol. The number of allylic oxidation sites excluding steroid dienone is 4. The molecule has 0 aromatic heterocycles. The molecule has 0 nitrogen and oxygen atoms in total. The van der Waals surface area contributed by atoms with Crippen molar-refractivity contribution in [2.75, 3.05) is 0 Å². The van der Waals surface area contributed by atoms with Gasteiger partial charge in [0.1, 0.15) is 0 Å². The largest absolute Gasteiger partial charge is 0.0763 e. The third kappa shape index (κ3) is 4.79. The van der Waals surface area contributed by atoms with Crippen LogP contribution >= 0.6 is 15.8 Å². The zero-order valence-electron chi connectivity index (χ0n) is 18.8. The van der Waals surface area contributed by atoms with Gasteiger partial charge in [-0.2, -0.15) is 0 Å². The first-order chi connectivity index (χ1) is 16.3. The van der Waals surface area contributed by atoms with Crippen molar-refractivity contribution < 1.29 is 0 Å². The van der Waals surface area contributed by atoms with E-state index in [2.05, 4.69) is 146 Å². The van der Waals surface area contributed by atoms with E-state index < -0.39 is 15.8 Å². The van der Waals surface area contributed by atoms with Crippen LogP contribution in [0.15, 0.2) is 145 Å². The molecule has 0 amide bonds. The van der Waals surface area contributed by atoms with Crippen molar-refractivity contribution in [2.45, 2.75) is 12.6 Å². The summed E-state index contributed by atoms with van der Waals surface area (Å²) in [6, 6.07) is 44.4. The predicted molar refractivity (Wildman–Crippen MR) is 148 cm³/mol. The summed E-state index contributed by atoms with van der Waals surface area (Å²) in [4.78, 5) is 0. The van der Waals surface area contributed by atoms with E-state index in [9.17, 15) is 0 Å². The van der Waals surface area contributed by atoms with Gasteiger partial charge in [0.05, 0.1) is 0 Å². The molecular formula is C31H28P2. The van der Waals surface area contributed by atoms with Gasteiger partial charge in [-0.3, -0.25) is 0 Å². The lowest BCUT2D eigenvalue weighted by molar-refractivity contribution is 0.785. The first kappa shape index (κ1) is 22.0. The molecule has 1 unspecified atom stereocenters. The third-order valence-electron chi connectivity index (χ3n) is 6.21. The highest BCUT2D eigenvalue weighted by molar-refractivity contribution is 7.77. The van der Waals surface area contributed by atoms with Crippen LogP contribution < -0.4 is 21.2 Å². The molecule has 162 valence electrons. The van der Waals surface area contributed by atoms with Crippen molar-refractivity contribution in [1.82, 2.24) is 0 Å². The van der Waals surface area contributed by atoms with E-state index in [-0.39, 0.29) is 0 Å². The van der Waals surface area contributed by atoms with Gasteiger partial charge in [-0.15, -0.1) is 0 Å².